The fourth-order valence-corrected chi connectivity index (χ4v) is 4.78. The van der Waals surface area contributed by atoms with E-state index in [-0.39, 0.29) is 21.7 Å². The minimum Gasteiger partial charge on any atom is -0.305 e. The number of benzene rings is 1. The first-order chi connectivity index (χ1) is 15.6. The van der Waals surface area contributed by atoms with Crippen LogP contribution in [0.2, 0.25) is 0 Å². The van der Waals surface area contributed by atoms with Crippen LogP contribution in [0.3, 0.4) is 0 Å². The Labute approximate surface area is 191 Å². The van der Waals surface area contributed by atoms with Crippen molar-refractivity contribution in [2.45, 2.75) is 59.4 Å². The van der Waals surface area contributed by atoms with Crippen LogP contribution in [0.4, 0.5) is 0 Å². The van der Waals surface area contributed by atoms with E-state index in [1.165, 1.54) is 0 Å². The van der Waals surface area contributed by atoms with Crippen LogP contribution in [0.1, 0.15) is 52.0 Å². The minimum absolute atomic E-state index is 0.0967. The van der Waals surface area contributed by atoms with E-state index in [9.17, 15) is 22.8 Å². The van der Waals surface area contributed by atoms with Crippen molar-refractivity contribution in [3.8, 4) is 11.3 Å². The molecule has 2 aromatic heterocycles. The van der Waals surface area contributed by atoms with Gasteiger partial charge in [0.1, 0.15) is 0 Å². The van der Waals surface area contributed by atoms with Gasteiger partial charge in [-0.05, 0) is 43.5 Å². The Morgan fingerprint density at radius 3 is 2.48 bits per heavy atom. The number of aromatic nitrogens is 4. The second-order valence-corrected chi connectivity index (χ2v) is 9.66. The van der Waals surface area contributed by atoms with Crippen LogP contribution in [-0.4, -0.2) is 40.0 Å². The van der Waals surface area contributed by atoms with Crippen LogP contribution in [0.15, 0.2) is 34.0 Å². The van der Waals surface area contributed by atoms with Gasteiger partial charge in [0.25, 0.3) is 21.5 Å². The molecular formula is C22H29N5O5S. The molecule has 178 valence electrons. The number of aromatic amines is 1. The van der Waals surface area contributed by atoms with E-state index in [0.29, 0.717) is 24.1 Å². The molecule has 3 aromatic rings. The number of hydrogen-bond donors (Lipinski definition) is 1. The van der Waals surface area contributed by atoms with Gasteiger partial charge in [-0.25, -0.2) is 13.2 Å². The quantitative estimate of drug-likeness (QED) is 0.473. The molecule has 10 nitrogen and oxygen atoms in total. The molecule has 0 saturated heterocycles. The normalized spacial score (nSPS) is 11.8. The summed E-state index contributed by atoms with van der Waals surface area (Å²) in [5, 5.41) is 4.38. The highest BCUT2D eigenvalue weighted by Crippen LogP contribution is 2.27. The van der Waals surface area contributed by atoms with Crippen LogP contribution >= 0.6 is 0 Å². The number of unbranched alkanes of at least 4 members (excludes halogenated alkanes) is 2. The number of fused-ring (bicyclic) bond motifs is 1. The highest BCUT2D eigenvalue weighted by Gasteiger charge is 2.29. The first-order valence-electron chi connectivity index (χ1n) is 11.0. The highest BCUT2D eigenvalue weighted by molar-refractivity contribution is 7.92. The first-order valence-corrected chi connectivity index (χ1v) is 12.9. The average molecular weight is 476 g/mol. The molecule has 2 heterocycles. The van der Waals surface area contributed by atoms with E-state index in [0.717, 1.165) is 35.9 Å². The monoisotopic (exact) mass is 475 g/mol. The van der Waals surface area contributed by atoms with E-state index in [2.05, 4.69) is 10.1 Å². The van der Waals surface area contributed by atoms with Gasteiger partial charge in [0, 0.05) is 24.7 Å². The molecule has 0 fully saturated rings. The summed E-state index contributed by atoms with van der Waals surface area (Å²) >= 11 is 0. The summed E-state index contributed by atoms with van der Waals surface area (Å²) in [4.78, 5) is 41.6. The number of amides is 1. The number of H-pyrrole nitrogens is 1. The number of carbonyl (C=O) groups excluding carboxylic acids is 1. The third kappa shape index (κ3) is 4.77. The molecular weight excluding hydrogens is 446 g/mol. The van der Waals surface area contributed by atoms with Crippen molar-refractivity contribution in [1.82, 2.24) is 19.4 Å². The standard InChI is InChI=1S/C22H29N5O5S/c1-5-8-9-10-20(28)27(33(4,31)32)26-21(29)17-14-16(19-11-12-23-25(19)7-3)15(6-2)13-18(17)24-22(26)30/h11-14H,5-10H2,1-4H3,(H,24,30). The zero-order valence-corrected chi connectivity index (χ0v) is 20.1. The van der Waals surface area contributed by atoms with Crippen molar-refractivity contribution in [3.63, 3.8) is 0 Å². The van der Waals surface area contributed by atoms with Crippen molar-refractivity contribution in [1.29, 1.82) is 0 Å². The lowest BCUT2D eigenvalue weighted by atomic mass is 9.99. The molecule has 0 saturated carbocycles. The van der Waals surface area contributed by atoms with Crippen LogP contribution in [0.5, 0.6) is 0 Å². The summed E-state index contributed by atoms with van der Waals surface area (Å²) in [6.45, 7) is 6.47. The molecule has 0 spiro atoms. The Bertz CT molecular complexity index is 1400. The molecule has 0 aliphatic rings. The van der Waals surface area contributed by atoms with E-state index < -0.39 is 27.2 Å². The molecule has 0 atom stereocenters. The summed E-state index contributed by atoms with van der Waals surface area (Å²) < 4.78 is 27.4. The second kappa shape index (κ2) is 9.74. The lowest BCUT2D eigenvalue weighted by Gasteiger charge is -2.21. The van der Waals surface area contributed by atoms with Crippen molar-refractivity contribution < 1.29 is 13.2 Å². The van der Waals surface area contributed by atoms with Gasteiger partial charge in [-0.3, -0.25) is 14.3 Å². The van der Waals surface area contributed by atoms with E-state index in [4.69, 9.17) is 0 Å². The van der Waals surface area contributed by atoms with Crippen molar-refractivity contribution in [3.05, 3.63) is 50.8 Å². The van der Waals surface area contributed by atoms with E-state index in [1.807, 2.05) is 26.8 Å². The van der Waals surface area contributed by atoms with Gasteiger partial charge in [0.05, 0.1) is 22.9 Å². The first kappa shape index (κ1) is 24.4. The smallest absolute Gasteiger partial charge is 0.305 e. The summed E-state index contributed by atoms with van der Waals surface area (Å²) in [6, 6.07) is 5.15. The molecule has 1 aromatic carbocycles. The molecule has 3 rings (SSSR count). The van der Waals surface area contributed by atoms with Crippen LogP contribution in [-0.2, 0) is 27.8 Å². The zero-order valence-electron chi connectivity index (χ0n) is 19.3. The SMILES string of the molecule is CCCCCC(=O)N(n1c(=O)[nH]c2cc(CC)c(-c3ccnn3CC)cc2c1=O)S(C)(=O)=O. The van der Waals surface area contributed by atoms with Gasteiger partial charge in [0.2, 0.25) is 0 Å². The Hall–Kier alpha value is -3.21. The number of nitrogens with one attached hydrogen (secondary N) is 1. The minimum atomic E-state index is -4.23. The number of carbonyl (C=O) groups is 1. The third-order valence-corrected chi connectivity index (χ3v) is 6.47. The predicted molar refractivity (Wildman–Crippen MR) is 127 cm³/mol. The van der Waals surface area contributed by atoms with E-state index >= 15 is 0 Å². The third-order valence-electron chi connectivity index (χ3n) is 5.48. The maximum Gasteiger partial charge on any atom is 0.349 e. The van der Waals surface area contributed by atoms with Crippen LogP contribution in [0.25, 0.3) is 22.2 Å². The highest BCUT2D eigenvalue weighted by atomic mass is 32.2. The van der Waals surface area contributed by atoms with Gasteiger partial charge < -0.3 is 4.98 Å². The summed E-state index contributed by atoms with van der Waals surface area (Å²) in [6.07, 6.45) is 5.00. The second-order valence-electron chi connectivity index (χ2n) is 7.84. The fraction of sp³-hybridized carbons (Fsp3) is 0.455. The summed E-state index contributed by atoms with van der Waals surface area (Å²) in [5.41, 5.74) is 0.839. The number of rotatable bonds is 9. The largest absolute Gasteiger partial charge is 0.349 e. The summed E-state index contributed by atoms with van der Waals surface area (Å²) in [5.74, 6) is -0.827. The lowest BCUT2D eigenvalue weighted by Crippen LogP contribution is -2.55. The Morgan fingerprint density at radius 1 is 1.15 bits per heavy atom. The molecule has 0 radical (unpaired) electrons. The Kier molecular flexibility index (Phi) is 7.21. The maximum absolute atomic E-state index is 13.4. The van der Waals surface area contributed by atoms with Crippen molar-refractivity contribution >= 4 is 26.8 Å². The van der Waals surface area contributed by atoms with Gasteiger partial charge >= 0.3 is 5.69 Å². The number of aryl methyl sites for hydroxylation is 2. The zero-order chi connectivity index (χ0) is 24.3. The van der Waals surface area contributed by atoms with Crippen LogP contribution in [0, 0.1) is 0 Å². The van der Waals surface area contributed by atoms with Crippen molar-refractivity contribution in [2.75, 3.05) is 10.7 Å². The van der Waals surface area contributed by atoms with Gasteiger partial charge in [0.15, 0.2) is 0 Å². The molecule has 0 bridgehead atoms. The molecule has 0 aliphatic heterocycles. The molecule has 1 N–H and O–H groups in total. The van der Waals surface area contributed by atoms with Crippen molar-refractivity contribution in [2.24, 2.45) is 0 Å². The molecule has 0 unspecified atom stereocenters. The number of sulfonamides is 1. The molecule has 11 heteroatoms. The molecule has 1 amide bonds. The molecule has 0 aliphatic carbocycles. The molecule has 33 heavy (non-hydrogen) atoms. The van der Waals surface area contributed by atoms with Gasteiger partial charge in [-0.1, -0.05) is 26.7 Å². The lowest BCUT2D eigenvalue weighted by molar-refractivity contribution is -0.118. The topological polar surface area (TPSA) is 127 Å². The van der Waals surface area contributed by atoms with Crippen LogP contribution < -0.4 is 15.7 Å². The summed E-state index contributed by atoms with van der Waals surface area (Å²) in [7, 11) is -4.23. The van der Waals surface area contributed by atoms with Gasteiger partial charge in [-0.2, -0.15) is 5.10 Å². The Balaban J connectivity index is 2.28. The Morgan fingerprint density at radius 2 is 1.88 bits per heavy atom. The van der Waals surface area contributed by atoms with E-state index in [1.54, 1.807) is 23.0 Å². The average Bonchev–Trinajstić information content (AvgIpc) is 3.23. The number of hydrogen-bond acceptors (Lipinski definition) is 6. The predicted octanol–water partition coefficient (Wildman–Crippen LogP) is 2.14. The number of nitrogens with zero attached hydrogens (tertiary/aromatic N) is 4. The maximum atomic E-state index is 13.4. The fourth-order valence-electron chi connectivity index (χ4n) is 3.88. The van der Waals surface area contributed by atoms with Gasteiger partial charge in [-0.15, -0.1) is 9.09 Å².